The summed E-state index contributed by atoms with van der Waals surface area (Å²) >= 11 is 0. The highest BCUT2D eigenvalue weighted by molar-refractivity contribution is 4.80. The molecule has 1 aliphatic rings. The van der Waals surface area contributed by atoms with Gasteiger partial charge < -0.3 is 4.74 Å². The first kappa shape index (κ1) is 11.0. The average Bonchev–Trinajstić information content (AvgIpc) is 2.04. The predicted molar refractivity (Wildman–Crippen MR) is 52.3 cm³/mol. The van der Waals surface area contributed by atoms with Gasteiger partial charge in [0.1, 0.15) is 0 Å². The molecule has 0 aromatic rings. The zero-order chi connectivity index (χ0) is 9.90. The van der Waals surface area contributed by atoms with Gasteiger partial charge in [-0.1, -0.05) is 20.8 Å². The summed E-state index contributed by atoms with van der Waals surface area (Å²) in [6.45, 7) is 6.24. The van der Waals surface area contributed by atoms with Crippen LogP contribution in [0.25, 0.3) is 0 Å². The summed E-state index contributed by atoms with van der Waals surface area (Å²) in [6.07, 6.45) is 4.63. The third-order valence-corrected chi connectivity index (χ3v) is 3.20. The summed E-state index contributed by atoms with van der Waals surface area (Å²) < 4.78 is 16.9. The Balaban J connectivity index is 2.30. The molecule has 78 valence electrons. The van der Waals surface area contributed by atoms with Crippen LogP contribution in [0.5, 0.6) is 0 Å². The molecule has 0 aromatic heterocycles. The monoisotopic (exact) mass is 188 g/mol. The molecular formula is C11H21FO. The van der Waals surface area contributed by atoms with Crippen LogP contribution in [0.4, 0.5) is 4.39 Å². The summed E-state index contributed by atoms with van der Waals surface area (Å²) in [6, 6.07) is 0. The topological polar surface area (TPSA) is 9.23 Å². The molecule has 1 aliphatic carbocycles. The molecule has 0 saturated heterocycles. The summed E-state index contributed by atoms with van der Waals surface area (Å²) in [4.78, 5) is 0. The van der Waals surface area contributed by atoms with Crippen molar-refractivity contribution >= 4 is 0 Å². The van der Waals surface area contributed by atoms with E-state index in [1.54, 1.807) is 0 Å². The lowest BCUT2D eigenvalue weighted by Gasteiger charge is -2.36. The average molecular weight is 188 g/mol. The van der Waals surface area contributed by atoms with E-state index in [2.05, 4.69) is 20.8 Å². The number of hydrogen-bond donors (Lipinski definition) is 0. The SMILES string of the molecule is CC(C)(C)C1CCC(OCF)CC1. The second-order valence-electron chi connectivity index (χ2n) is 5.12. The van der Waals surface area contributed by atoms with E-state index in [4.69, 9.17) is 4.74 Å². The number of halogens is 1. The van der Waals surface area contributed by atoms with Gasteiger partial charge in [0.15, 0.2) is 6.86 Å². The Morgan fingerprint density at radius 2 is 1.69 bits per heavy atom. The molecule has 0 heterocycles. The minimum Gasteiger partial charge on any atom is -0.347 e. The van der Waals surface area contributed by atoms with Crippen molar-refractivity contribution in [2.45, 2.75) is 52.6 Å². The highest BCUT2D eigenvalue weighted by Crippen LogP contribution is 2.38. The molecule has 0 unspecified atom stereocenters. The maximum atomic E-state index is 11.9. The first-order chi connectivity index (χ1) is 6.04. The van der Waals surface area contributed by atoms with E-state index in [0.717, 1.165) is 18.8 Å². The lowest BCUT2D eigenvalue weighted by molar-refractivity contribution is -0.0368. The molecule has 0 bridgehead atoms. The van der Waals surface area contributed by atoms with Crippen molar-refractivity contribution in [1.29, 1.82) is 0 Å². The lowest BCUT2D eigenvalue weighted by Crippen LogP contribution is -2.29. The molecule has 1 fully saturated rings. The van der Waals surface area contributed by atoms with Gasteiger partial charge in [0, 0.05) is 0 Å². The van der Waals surface area contributed by atoms with Crippen molar-refractivity contribution in [1.82, 2.24) is 0 Å². The third-order valence-electron chi connectivity index (χ3n) is 3.20. The van der Waals surface area contributed by atoms with Crippen molar-refractivity contribution in [3.05, 3.63) is 0 Å². The second kappa shape index (κ2) is 4.41. The fourth-order valence-electron chi connectivity index (χ4n) is 2.18. The summed E-state index contributed by atoms with van der Waals surface area (Å²) in [5.74, 6) is 0.784. The summed E-state index contributed by atoms with van der Waals surface area (Å²) in [7, 11) is 0. The van der Waals surface area contributed by atoms with Crippen molar-refractivity contribution in [3.63, 3.8) is 0 Å². The van der Waals surface area contributed by atoms with Gasteiger partial charge in [0.25, 0.3) is 0 Å². The number of alkyl halides is 1. The van der Waals surface area contributed by atoms with Crippen LogP contribution < -0.4 is 0 Å². The van der Waals surface area contributed by atoms with Gasteiger partial charge in [0.05, 0.1) is 6.10 Å². The van der Waals surface area contributed by atoms with Crippen LogP contribution in [-0.4, -0.2) is 13.0 Å². The molecule has 0 amide bonds. The molecule has 0 aromatic carbocycles. The first-order valence-electron chi connectivity index (χ1n) is 5.21. The standard InChI is InChI=1S/C11H21FO/c1-11(2,3)9-4-6-10(7-5-9)13-8-12/h9-10H,4-8H2,1-3H3. The molecule has 1 saturated carbocycles. The normalized spacial score (nSPS) is 30.5. The molecule has 0 N–H and O–H groups in total. The zero-order valence-electron chi connectivity index (χ0n) is 8.98. The van der Waals surface area contributed by atoms with Crippen LogP contribution in [-0.2, 0) is 4.74 Å². The predicted octanol–water partition coefficient (Wildman–Crippen LogP) is 3.53. The van der Waals surface area contributed by atoms with Crippen LogP contribution in [0, 0.1) is 11.3 Å². The van der Waals surface area contributed by atoms with Gasteiger partial charge in [-0.05, 0) is 37.0 Å². The second-order valence-corrected chi connectivity index (χ2v) is 5.12. The first-order valence-corrected chi connectivity index (χ1v) is 5.21. The van der Waals surface area contributed by atoms with E-state index < -0.39 is 6.86 Å². The quantitative estimate of drug-likeness (QED) is 0.644. The van der Waals surface area contributed by atoms with Gasteiger partial charge in [-0.15, -0.1) is 0 Å². The Morgan fingerprint density at radius 3 is 2.08 bits per heavy atom. The fraction of sp³-hybridized carbons (Fsp3) is 1.00. The highest BCUT2D eigenvalue weighted by Gasteiger charge is 2.29. The van der Waals surface area contributed by atoms with Gasteiger partial charge in [-0.2, -0.15) is 0 Å². The number of hydrogen-bond acceptors (Lipinski definition) is 1. The molecule has 1 rings (SSSR count). The number of rotatable bonds is 2. The van der Waals surface area contributed by atoms with E-state index in [9.17, 15) is 4.39 Å². The third kappa shape index (κ3) is 3.26. The number of ether oxygens (including phenoxy) is 1. The Kier molecular flexibility index (Phi) is 3.72. The van der Waals surface area contributed by atoms with Crippen LogP contribution >= 0.6 is 0 Å². The Hall–Kier alpha value is -0.110. The van der Waals surface area contributed by atoms with Gasteiger partial charge in [-0.25, -0.2) is 4.39 Å². The lowest BCUT2D eigenvalue weighted by atomic mass is 9.72. The van der Waals surface area contributed by atoms with Crippen LogP contribution in [0.15, 0.2) is 0 Å². The van der Waals surface area contributed by atoms with Gasteiger partial charge in [0.2, 0.25) is 0 Å². The fourth-order valence-corrected chi connectivity index (χ4v) is 2.18. The molecule has 0 radical (unpaired) electrons. The molecular weight excluding hydrogens is 167 g/mol. The van der Waals surface area contributed by atoms with Crippen LogP contribution in [0.2, 0.25) is 0 Å². The van der Waals surface area contributed by atoms with Crippen molar-refractivity contribution in [2.24, 2.45) is 11.3 Å². The largest absolute Gasteiger partial charge is 0.347 e. The van der Waals surface area contributed by atoms with E-state index >= 15 is 0 Å². The Labute approximate surface area is 80.7 Å². The van der Waals surface area contributed by atoms with E-state index in [0.29, 0.717) is 5.41 Å². The molecule has 2 heteroatoms. The zero-order valence-corrected chi connectivity index (χ0v) is 8.98. The molecule has 0 atom stereocenters. The maximum absolute atomic E-state index is 11.9. The molecule has 1 nitrogen and oxygen atoms in total. The molecule has 0 spiro atoms. The summed E-state index contributed by atoms with van der Waals surface area (Å²) in [5.41, 5.74) is 0.403. The Morgan fingerprint density at radius 1 is 1.15 bits per heavy atom. The Bertz CT molecular complexity index is 143. The van der Waals surface area contributed by atoms with Gasteiger partial charge >= 0.3 is 0 Å². The minimum atomic E-state index is -0.620. The van der Waals surface area contributed by atoms with Crippen molar-refractivity contribution in [3.8, 4) is 0 Å². The highest BCUT2D eigenvalue weighted by atomic mass is 19.1. The van der Waals surface area contributed by atoms with E-state index in [1.165, 1.54) is 12.8 Å². The summed E-state index contributed by atoms with van der Waals surface area (Å²) in [5, 5.41) is 0. The van der Waals surface area contributed by atoms with Crippen LogP contribution in [0.3, 0.4) is 0 Å². The molecule has 13 heavy (non-hydrogen) atoms. The van der Waals surface area contributed by atoms with E-state index in [1.807, 2.05) is 0 Å². The maximum Gasteiger partial charge on any atom is 0.188 e. The minimum absolute atomic E-state index is 0.184. The van der Waals surface area contributed by atoms with Gasteiger partial charge in [-0.3, -0.25) is 0 Å². The van der Waals surface area contributed by atoms with Crippen LogP contribution in [0.1, 0.15) is 46.5 Å². The smallest absolute Gasteiger partial charge is 0.188 e. The van der Waals surface area contributed by atoms with E-state index in [-0.39, 0.29) is 6.10 Å². The molecule has 0 aliphatic heterocycles. The van der Waals surface area contributed by atoms with Crippen molar-refractivity contribution in [2.75, 3.05) is 6.86 Å². The van der Waals surface area contributed by atoms with Crippen molar-refractivity contribution < 1.29 is 9.13 Å².